The minimum Gasteiger partial charge on any atom is -0.262 e. The fraction of sp³-hybridized carbons (Fsp3) is 0.429. The van der Waals surface area contributed by atoms with E-state index in [0.29, 0.717) is 12.2 Å². The summed E-state index contributed by atoms with van der Waals surface area (Å²) in [5.41, 5.74) is 3.16. The van der Waals surface area contributed by atoms with Crippen molar-refractivity contribution in [3.05, 3.63) is 34.4 Å². The Morgan fingerprint density at radius 1 is 1.36 bits per heavy atom. The molecule has 0 aromatic carbocycles. The molecule has 0 heterocycles. The van der Waals surface area contributed by atoms with Gasteiger partial charge in [-0.3, -0.25) is 15.8 Å². The van der Waals surface area contributed by atoms with E-state index in [0.717, 1.165) is 12.2 Å². The molecule has 0 bridgehead atoms. The molecular weight excluding hydrogens is 201 g/mol. The second-order valence-electron chi connectivity index (χ2n) is 2.93. The Bertz CT molecular complexity index is 295. The molecule has 0 spiro atoms. The molecule has 0 atom stereocenters. The standard InChI is InChI=1S/C7H7F3N2O2/c8-7(9,10)5-1-3-6(11,4-2-5)12(13)14/h1-5H,11H2. The summed E-state index contributed by atoms with van der Waals surface area (Å²) in [4.78, 5) is 9.47. The zero-order valence-electron chi connectivity index (χ0n) is 6.86. The first kappa shape index (κ1) is 10.7. The Morgan fingerprint density at radius 3 is 2.07 bits per heavy atom. The predicted molar refractivity (Wildman–Crippen MR) is 41.7 cm³/mol. The lowest BCUT2D eigenvalue weighted by Crippen LogP contribution is -2.45. The van der Waals surface area contributed by atoms with E-state index in [2.05, 4.69) is 0 Å². The number of rotatable bonds is 1. The minimum absolute atomic E-state index is 0.683. The van der Waals surface area contributed by atoms with Crippen LogP contribution in [0.5, 0.6) is 0 Å². The van der Waals surface area contributed by atoms with E-state index in [1.807, 2.05) is 0 Å². The highest BCUT2D eigenvalue weighted by atomic mass is 19.4. The quantitative estimate of drug-likeness (QED) is 0.305. The fourth-order valence-electron chi connectivity index (χ4n) is 0.975. The van der Waals surface area contributed by atoms with Gasteiger partial charge in [0, 0.05) is 12.2 Å². The van der Waals surface area contributed by atoms with Gasteiger partial charge in [0.1, 0.15) is 0 Å². The van der Waals surface area contributed by atoms with Crippen LogP contribution >= 0.6 is 0 Å². The Balaban J connectivity index is 2.85. The summed E-state index contributed by atoms with van der Waals surface area (Å²) in [6, 6.07) is 0. The summed E-state index contributed by atoms with van der Waals surface area (Å²) in [5.74, 6) is -1.79. The maximum atomic E-state index is 12.1. The third-order valence-electron chi connectivity index (χ3n) is 1.84. The van der Waals surface area contributed by atoms with E-state index < -0.39 is 22.7 Å². The van der Waals surface area contributed by atoms with Crippen LogP contribution in [0.2, 0.25) is 0 Å². The van der Waals surface area contributed by atoms with Gasteiger partial charge in [0.25, 0.3) is 0 Å². The molecule has 0 amide bonds. The Morgan fingerprint density at radius 2 is 1.79 bits per heavy atom. The average Bonchev–Trinajstić information content (AvgIpc) is 2.03. The van der Waals surface area contributed by atoms with Gasteiger partial charge in [-0.1, -0.05) is 12.2 Å². The molecule has 0 aromatic rings. The van der Waals surface area contributed by atoms with Gasteiger partial charge in [-0.05, 0) is 0 Å². The second-order valence-corrected chi connectivity index (χ2v) is 2.93. The largest absolute Gasteiger partial charge is 0.398 e. The Kier molecular flexibility index (Phi) is 2.36. The number of nitro groups is 1. The van der Waals surface area contributed by atoms with Crippen molar-refractivity contribution >= 4 is 0 Å². The van der Waals surface area contributed by atoms with Gasteiger partial charge in [0.15, 0.2) is 0 Å². The molecule has 1 rings (SSSR count). The van der Waals surface area contributed by atoms with Gasteiger partial charge in [-0.15, -0.1) is 0 Å². The van der Waals surface area contributed by atoms with E-state index in [1.54, 1.807) is 0 Å². The number of hydrogen-bond donors (Lipinski definition) is 1. The third-order valence-corrected chi connectivity index (χ3v) is 1.84. The van der Waals surface area contributed by atoms with Gasteiger partial charge in [0.05, 0.1) is 10.8 Å². The van der Waals surface area contributed by atoms with Gasteiger partial charge in [0.2, 0.25) is 0 Å². The maximum absolute atomic E-state index is 12.1. The predicted octanol–water partition coefficient (Wildman–Crippen LogP) is 1.22. The minimum atomic E-state index is -4.43. The van der Waals surface area contributed by atoms with E-state index in [9.17, 15) is 23.3 Å². The smallest absolute Gasteiger partial charge is 0.262 e. The molecule has 14 heavy (non-hydrogen) atoms. The van der Waals surface area contributed by atoms with Crippen LogP contribution in [0.3, 0.4) is 0 Å². The molecule has 0 saturated heterocycles. The molecular formula is C7H7F3N2O2. The van der Waals surface area contributed by atoms with Crippen LogP contribution in [0.4, 0.5) is 13.2 Å². The highest BCUT2D eigenvalue weighted by molar-refractivity contribution is 5.21. The summed E-state index contributed by atoms with van der Waals surface area (Å²) in [7, 11) is 0. The molecule has 78 valence electrons. The lowest BCUT2D eigenvalue weighted by atomic mass is 9.97. The van der Waals surface area contributed by atoms with Crippen LogP contribution in [0, 0.1) is 16.0 Å². The van der Waals surface area contributed by atoms with Crippen molar-refractivity contribution in [1.29, 1.82) is 0 Å². The van der Waals surface area contributed by atoms with E-state index >= 15 is 0 Å². The van der Waals surface area contributed by atoms with Gasteiger partial charge in [-0.2, -0.15) is 13.2 Å². The number of alkyl halides is 3. The third kappa shape index (κ3) is 1.92. The van der Waals surface area contributed by atoms with Crippen molar-refractivity contribution in [2.45, 2.75) is 11.8 Å². The second kappa shape index (κ2) is 3.09. The van der Waals surface area contributed by atoms with Crippen molar-refractivity contribution < 1.29 is 18.1 Å². The zero-order chi connectivity index (χ0) is 11.0. The van der Waals surface area contributed by atoms with E-state index in [-0.39, 0.29) is 0 Å². The van der Waals surface area contributed by atoms with Crippen LogP contribution < -0.4 is 5.73 Å². The molecule has 0 radical (unpaired) electrons. The van der Waals surface area contributed by atoms with Gasteiger partial charge < -0.3 is 0 Å². The summed E-state index contributed by atoms with van der Waals surface area (Å²) >= 11 is 0. The Labute approximate surface area is 77.0 Å². The first-order valence-electron chi connectivity index (χ1n) is 3.64. The number of allylic oxidation sites excluding steroid dienone is 2. The van der Waals surface area contributed by atoms with Crippen LogP contribution in [0.1, 0.15) is 0 Å². The summed E-state index contributed by atoms with van der Waals surface area (Å²) in [6.45, 7) is 0. The van der Waals surface area contributed by atoms with E-state index in [1.165, 1.54) is 0 Å². The average molecular weight is 208 g/mol. The first-order chi connectivity index (χ1) is 6.26. The number of hydrogen-bond acceptors (Lipinski definition) is 3. The van der Waals surface area contributed by atoms with Crippen molar-refractivity contribution in [3.63, 3.8) is 0 Å². The number of nitrogens with zero attached hydrogens (tertiary/aromatic N) is 1. The normalized spacial score (nSPS) is 31.9. The van der Waals surface area contributed by atoms with Crippen LogP contribution in [0.15, 0.2) is 24.3 Å². The zero-order valence-corrected chi connectivity index (χ0v) is 6.86. The molecule has 0 saturated carbocycles. The van der Waals surface area contributed by atoms with Crippen molar-refractivity contribution in [2.75, 3.05) is 0 Å². The topological polar surface area (TPSA) is 69.2 Å². The highest BCUT2D eigenvalue weighted by Gasteiger charge is 2.42. The van der Waals surface area contributed by atoms with Gasteiger partial charge in [-0.25, -0.2) is 0 Å². The molecule has 4 nitrogen and oxygen atoms in total. The van der Waals surface area contributed by atoms with Crippen LogP contribution in [-0.4, -0.2) is 16.8 Å². The van der Waals surface area contributed by atoms with Crippen LogP contribution in [0.25, 0.3) is 0 Å². The van der Waals surface area contributed by atoms with Crippen molar-refractivity contribution in [1.82, 2.24) is 0 Å². The lowest BCUT2D eigenvalue weighted by molar-refractivity contribution is -0.539. The molecule has 2 N–H and O–H groups in total. The lowest BCUT2D eigenvalue weighted by Gasteiger charge is -2.20. The van der Waals surface area contributed by atoms with Crippen LogP contribution in [-0.2, 0) is 0 Å². The molecule has 7 heteroatoms. The Hall–Kier alpha value is -1.37. The number of nitrogens with two attached hydrogens (primary N) is 1. The molecule has 0 unspecified atom stereocenters. The summed E-state index contributed by atoms with van der Waals surface area (Å²) in [5, 5.41) is 10.3. The van der Waals surface area contributed by atoms with Gasteiger partial charge >= 0.3 is 11.8 Å². The SMILES string of the molecule is NC1([N+](=O)[O-])C=CC(C(F)(F)F)C=C1. The number of halogens is 3. The van der Waals surface area contributed by atoms with Crippen molar-refractivity contribution in [2.24, 2.45) is 11.7 Å². The molecule has 1 aliphatic rings. The van der Waals surface area contributed by atoms with Crippen molar-refractivity contribution in [3.8, 4) is 0 Å². The maximum Gasteiger partial charge on any atom is 0.398 e. The monoisotopic (exact) mass is 208 g/mol. The fourth-order valence-corrected chi connectivity index (χ4v) is 0.975. The summed E-state index contributed by atoms with van der Waals surface area (Å²) < 4.78 is 36.2. The summed E-state index contributed by atoms with van der Waals surface area (Å²) in [6.07, 6.45) is -1.58. The highest BCUT2D eigenvalue weighted by Crippen LogP contribution is 2.31. The first-order valence-corrected chi connectivity index (χ1v) is 3.64. The molecule has 0 aliphatic heterocycles. The molecule has 0 fully saturated rings. The van der Waals surface area contributed by atoms with E-state index in [4.69, 9.17) is 5.73 Å². The molecule has 1 aliphatic carbocycles. The molecule has 0 aromatic heterocycles.